The molecule has 0 aliphatic rings. The van der Waals surface area contributed by atoms with Gasteiger partial charge in [0.25, 0.3) is 5.91 Å². The van der Waals surface area contributed by atoms with E-state index in [0.717, 1.165) is 21.5 Å². The van der Waals surface area contributed by atoms with Gasteiger partial charge in [0, 0.05) is 5.56 Å². The third kappa shape index (κ3) is 5.47. The second-order valence-electron chi connectivity index (χ2n) is 7.26. The predicted octanol–water partition coefficient (Wildman–Crippen LogP) is 5.17. The second kappa shape index (κ2) is 10.8. The van der Waals surface area contributed by atoms with E-state index in [0.29, 0.717) is 28.6 Å². The molecule has 3 aromatic carbocycles. The SMILES string of the molecule is CCOc1ccc(/C=N/N(C(=O)c2ccc(C(=O)OC)cc2)c2nc3ccc(OC)cc3s2)cc1. The van der Waals surface area contributed by atoms with Gasteiger partial charge in [0.2, 0.25) is 5.13 Å². The van der Waals surface area contributed by atoms with Gasteiger partial charge in [0.1, 0.15) is 11.5 Å². The smallest absolute Gasteiger partial charge is 0.337 e. The number of ether oxygens (including phenoxy) is 3. The van der Waals surface area contributed by atoms with Crippen molar-refractivity contribution < 1.29 is 23.8 Å². The molecule has 1 aromatic heterocycles. The minimum absolute atomic E-state index is 0.346. The number of thiazole rings is 1. The fourth-order valence-electron chi connectivity index (χ4n) is 3.23. The first-order chi connectivity index (χ1) is 17.0. The molecule has 35 heavy (non-hydrogen) atoms. The lowest BCUT2D eigenvalue weighted by Gasteiger charge is -2.14. The number of carbonyl (C=O) groups is 2. The fraction of sp³-hybridized carbons (Fsp3) is 0.154. The lowest BCUT2D eigenvalue weighted by Crippen LogP contribution is -2.25. The normalized spacial score (nSPS) is 10.9. The number of rotatable bonds is 8. The quantitative estimate of drug-likeness (QED) is 0.193. The molecule has 0 saturated heterocycles. The molecule has 4 rings (SSSR count). The number of esters is 1. The number of nitrogens with zero attached hydrogens (tertiary/aromatic N) is 3. The number of aromatic nitrogens is 1. The van der Waals surface area contributed by atoms with Crippen LogP contribution in [0.4, 0.5) is 5.13 Å². The molecule has 0 spiro atoms. The summed E-state index contributed by atoms with van der Waals surface area (Å²) in [6.45, 7) is 2.50. The number of amides is 1. The first-order valence-electron chi connectivity index (χ1n) is 10.8. The molecule has 178 valence electrons. The van der Waals surface area contributed by atoms with Crippen LogP contribution in [0, 0.1) is 0 Å². The molecule has 0 saturated carbocycles. The third-order valence-electron chi connectivity index (χ3n) is 5.02. The lowest BCUT2D eigenvalue weighted by atomic mass is 10.1. The molecule has 1 heterocycles. The van der Waals surface area contributed by atoms with Crippen LogP contribution in [0.15, 0.2) is 71.8 Å². The van der Waals surface area contributed by atoms with Crippen LogP contribution in [0.5, 0.6) is 11.5 Å². The molecule has 4 aromatic rings. The van der Waals surface area contributed by atoms with Gasteiger partial charge < -0.3 is 14.2 Å². The summed E-state index contributed by atoms with van der Waals surface area (Å²) in [5.41, 5.74) is 2.20. The predicted molar refractivity (Wildman–Crippen MR) is 136 cm³/mol. The molecule has 0 N–H and O–H groups in total. The zero-order valence-corrected chi connectivity index (χ0v) is 20.2. The highest BCUT2D eigenvalue weighted by atomic mass is 32.1. The Morgan fingerprint density at radius 3 is 2.31 bits per heavy atom. The molecule has 0 aliphatic carbocycles. The summed E-state index contributed by atoms with van der Waals surface area (Å²) in [5, 5.41) is 6.12. The number of fused-ring (bicyclic) bond motifs is 1. The van der Waals surface area contributed by atoms with Crippen molar-refractivity contribution in [2.45, 2.75) is 6.92 Å². The van der Waals surface area contributed by atoms with Crippen molar-refractivity contribution in [3.63, 3.8) is 0 Å². The van der Waals surface area contributed by atoms with E-state index in [9.17, 15) is 9.59 Å². The van der Waals surface area contributed by atoms with Crippen molar-refractivity contribution in [2.24, 2.45) is 5.10 Å². The average molecular weight is 490 g/mol. The molecule has 0 fully saturated rings. The van der Waals surface area contributed by atoms with Gasteiger partial charge in [-0.05, 0) is 79.2 Å². The molecular weight excluding hydrogens is 466 g/mol. The molecule has 9 heteroatoms. The number of anilines is 1. The average Bonchev–Trinajstić information content (AvgIpc) is 3.32. The highest BCUT2D eigenvalue weighted by Crippen LogP contribution is 2.32. The van der Waals surface area contributed by atoms with E-state index in [2.05, 4.69) is 10.1 Å². The molecule has 8 nitrogen and oxygen atoms in total. The highest BCUT2D eigenvalue weighted by molar-refractivity contribution is 7.22. The number of carbonyl (C=O) groups excluding carboxylic acids is 2. The van der Waals surface area contributed by atoms with Crippen molar-refractivity contribution in [3.05, 3.63) is 83.4 Å². The number of hydrazone groups is 1. The number of hydrogen-bond donors (Lipinski definition) is 0. The first kappa shape index (κ1) is 23.9. The van der Waals surface area contributed by atoms with Crippen LogP contribution in [0.2, 0.25) is 0 Å². The Morgan fingerprint density at radius 1 is 0.971 bits per heavy atom. The molecule has 1 amide bonds. The maximum atomic E-state index is 13.5. The Kier molecular flexibility index (Phi) is 7.37. The van der Waals surface area contributed by atoms with Crippen LogP contribution in [0.3, 0.4) is 0 Å². The van der Waals surface area contributed by atoms with Gasteiger partial charge in [-0.3, -0.25) is 4.79 Å². The summed E-state index contributed by atoms with van der Waals surface area (Å²) >= 11 is 1.32. The van der Waals surface area contributed by atoms with Crippen LogP contribution in [0.25, 0.3) is 10.2 Å². The van der Waals surface area contributed by atoms with Crippen LogP contribution in [0.1, 0.15) is 33.2 Å². The fourth-order valence-corrected chi connectivity index (χ4v) is 4.18. The molecule has 0 aliphatic heterocycles. The summed E-state index contributed by atoms with van der Waals surface area (Å²) in [6, 6.07) is 19.1. The van der Waals surface area contributed by atoms with Crippen molar-refractivity contribution in [1.82, 2.24) is 4.98 Å². The van der Waals surface area contributed by atoms with E-state index in [4.69, 9.17) is 14.2 Å². The Balaban J connectivity index is 1.69. The Hall–Kier alpha value is -4.24. The maximum Gasteiger partial charge on any atom is 0.337 e. The summed E-state index contributed by atoms with van der Waals surface area (Å²) in [4.78, 5) is 29.8. The first-order valence-corrected chi connectivity index (χ1v) is 11.6. The minimum atomic E-state index is -0.477. The maximum absolute atomic E-state index is 13.5. The Bertz CT molecular complexity index is 1360. The van der Waals surface area contributed by atoms with Gasteiger partial charge in [0.05, 0.1) is 42.8 Å². The van der Waals surface area contributed by atoms with Crippen LogP contribution < -0.4 is 14.5 Å². The van der Waals surface area contributed by atoms with E-state index in [1.807, 2.05) is 49.4 Å². The van der Waals surface area contributed by atoms with Gasteiger partial charge in [-0.2, -0.15) is 10.1 Å². The second-order valence-corrected chi connectivity index (χ2v) is 8.27. The summed E-state index contributed by atoms with van der Waals surface area (Å²) in [6.07, 6.45) is 1.59. The van der Waals surface area contributed by atoms with Gasteiger partial charge in [-0.25, -0.2) is 9.78 Å². The monoisotopic (exact) mass is 489 g/mol. The van der Waals surface area contributed by atoms with Crippen molar-refractivity contribution >= 4 is 44.8 Å². The van der Waals surface area contributed by atoms with E-state index in [1.54, 1.807) is 25.5 Å². The van der Waals surface area contributed by atoms with E-state index in [1.165, 1.54) is 35.6 Å². The zero-order valence-electron chi connectivity index (χ0n) is 19.4. The van der Waals surface area contributed by atoms with Gasteiger partial charge in [-0.1, -0.05) is 11.3 Å². The summed E-state index contributed by atoms with van der Waals surface area (Å²) in [5.74, 6) is 0.578. The van der Waals surface area contributed by atoms with Crippen molar-refractivity contribution in [1.29, 1.82) is 0 Å². The topological polar surface area (TPSA) is 90.3 Å². The van der Waals surface area contributed by atoms with Crippen molar-refractivity contribution in [3.8, 4) is 11.5 Å². The molecule has 0 radical (unpaired) electrons. The van der Waals surface area contributed by atoms with Crippen LogP contribution in [-0.4, -0.2) is 43.9 Å². The van der Waals surface area contributed by atoms with Gasteiger partial charge >= 0.3 is 5.97 Å². The van der Waals surface area contributed by atoms with E-state index >= 15 is 0 Å². The number of hydrogen-bond acceptors (Lipinski definition) is 8. The zero-order chi connectivity index (χ0) is 24.8. The van der Waals surface area contributed by atoms with E-state index in [-0.39, 0.29) is 0 Å². The molecule has 0 bridgehead atoms. The molecular formula is C26H23N3O5S. The lowest BCUT2D eigenvalue weighted by molar-refractivity contribution is 0.0600. The Labute approximate surface area is 206 Å². The summed E-state index contributed by atoms with van der Waals surface area (Å²) in [7, 11) is 2.90. The van der Waals surface area contributed by atoms with E-state index < -0.39 is 11.9 Å². The Morgan fingerprint density at radius 2 is 1.66 bits per heavy atom. The third-order valence-corrected chi connectivity index (χ3v) is 6.02. The standard InChI is InChI=1S/C26H23N3O5S/c1-4-34-20-11-5-17(6-12-20)16-27-29(24(30)18-7-9-19(10-8-18)25(31)33-3)26-28-22-14-13-21(32-2)15-23(22)35-26/h5-16H,4H2,1-3H3/b27-16+. The highest BCUT2D eigenvalue weighted by Gasteiger charge is 2.22. The minimum Gasteiger partial charge on any atom is -0.497 e. The van der Waals surface area contributed by atoms with Gasteiger partial charge in [-0.15, -0.1) is 0 Å². The summed E-state index contributed by atoms with van der Waals surface area (Å²) < 4.78 is 16.4. The van der Waals surface area contributed by atoms with Gasteiger partial charge in [0.15, 0.2) is 0 Å². The van der Waals surface area contributed by atoms with Crippen LogP contribution >= 0.6 is 11.3 Å². The number of benzene rings is 3. The van der Waals surface area contributed by atoms with Crippen molar-refractivity contribution in [2.75, 3.05) is 25.8 Å². The van der Waals surface area contributed by atoms with Crippen LogP contribution in [-0.2, 0) is 4.74 Å². The molecule has 0 atom stereocenters. The largest absolute Gasteiger partial charge is 0.497 e. The number of methoxy groups -OCH3 is 2. The molecule has 0 unspecified atom stereocenters.